The molecule has 0 amide bonds. The smallest absolute Gasteiger partial charge is 0.198 e. The van der Waals surface area contributed by atoms with Crippen LogP contribution in [0.1, 0.15) is 57.3 Å². The second-order valence-corrected chi connectivity index (χ2v) is 7.03. The Labute approximate surface area is 126 Å². The van der Waals surface area contributed by atoms with Crippen molar-refractivity contribution in [2.45, 2.75) is 51.4 Å². The predicted octanol–water partition coefficient (Wildman–Crippen LogP) is 4.94. The lowest BCUT2D eigenvalue weighted by molar-refractivity contribution is 0.293. The van der Waals surface area contributed by atoms with Crippen molar-refractivity contribution in [1.82, 2.24) is 4.98 Å². The second-order valence-electron chi connectivity index (χ2n) is 7.03. The van der Waals surface area contributed by atoms with Crippen LogP contribution < -0.4 is 5.32 Å². The van der Waals surface area contributed by atoms with E-state index in [9.17, 15) is 0 Å². The van der Waals surface area contributed by atoms with Gasteiger partial charge in [-0.2, -0.15) is 0 Å². The first-order valence-electron chi connectivity index (χ1n) is 8.42. The summed E-state index contributed by atoms with van der Waals surface area (Å²) in [5.41, 5.74) is 3.10. The highest BCUT2D eigenvalue weighted by Gasteiger charge is 2.28. The lowest BCUT2D eigenvalue weighted by atomic mass is 9.82. The van der Waals surface area contributed by atoms with Crippen LogP contribution in [0.4, 0.5) is 5.69 Å². The van der Waals surface area contributed by atoms with Gasteiger partial charge in [0.05, 0.1) is 0 Å². The third-order valence-corrected chi connectivity index (χ3v) is 4.97. The lowest BCUT2D eigenvalue weighted by Gasteiger charge is -2.27. The van der Waals surface area contributed by atoms with Crippen molar-refractivity contribution < 1.29 is 4.42 Å². The third kappa shape index (κ3) is 2.92. The van der Waals surface area contributed by atoms with Crippen LogP contribution in [0.2, 0.25) is 0 Å². The Morgan fingerprint density at radius 2 is 2.14 bits per heavy atom. The summed E-state index contributed by atoms with van der Waals surface area (Å²) in [6.07, 6.45) is 8.00. The summed E-state index contributed by atoms with van der Waals surface area (Å²) in [4.78, 5) is 4.64. The van der Waals surface area contributed by atoms with Crippen LogP contribution >= 0.6 is 0 Å². The van der Waals surface area contributed by atoms with Crippen molar-refractivity contribution in [2.75, 3.05) is 11.9 Å². The van der Waals surface area contributed by atoms with Gasteiger partial charge in [-0.25, -0.2) is 4.98 Å². The number of benzene rings is 1. The van der Waals surface area contributed by atoms with E-state index < -0.39 is 0 Å². The Kier molecular flexibility index (Phi) is 3.36. The van der Waals surface area contributed by atoms with Gasteiger partial charge in [-0.15, -0.1) is 0 Å². The summed E-state index contributed by atoms with van der Waals surface area (Å²) >= 11 is 0. The fourth-order valence-electron chi connectivity index (χ4n) is 3.57. The summed E-state index contributed by atoms with van der Waals surface area (Å²) in [5.74, 6) is 3.23. The molecule has 2 aliphatic rings. The minimum absolute atomic E-state index is 0.581. The highest BCUT2D eigenvalue weighted by molar-refractivity contribution is 5.77. The average Bonchev–Trinajstić information content (AvgIpc) is 3.25. The number of hydrogen-bond donors (Lipinski definition) is 1. The van der Waals surface area contributed by atoms with E-state index in [1.807, 2.05) is 0 Å². The van der Waals surface area contributed by atoms with Crippen molar-refractivity contribution in [3.63, 3.8) is 0 Å². The number of fused-ring (bicyclic) bond motifs is 1. The molecule has 2 fully saturated rings. The molecule has 112 valence electrons. The molecule has 0 aliphatic heterocycles. The molecule has 2 aliphatic carbocycles. The maximum atomic E-state index is 5.82. The molecular formula is C18H24N2O. The van der Waals surface area contributed by atoms with E-state index in [4.69, 9.17) is 4.42 Å². The standard InChI is InChI=1S/C18H24N2O/c1-12-3-2-4-13(9-12)11-19-15-7-8-17-16(10-15)20-18(21-17)14-5-6-14/h7-8,10,12-14,19H,2-6,9,11H2,1H3. The van der Waals surface area contributed by atoms with Gasteiger partial charge in [0.15, 0.2) is 11.5 Å². The van der Waals surface area contributed by atoms with Gasteiger partial charge in [0.1, 0.15) is 5.52 Å². The van der Waals surface area contributed by atoms with Gasteiger partial charge in [0, 0.05) is 18.2 Å². The van der Waals surface area contributed by atoms with E-state index in [1.165, 1.54) is 44.2 Å². The molecule has 1 aromatic carbocycles. The van der Waals surface area contributed by atoms with Gasteiger partial charge < -0.3 is 9.73 Å². The molecule has 2 aromatic rings. The molecule has 21 heavy (non-hydrogen) atoms. The number of nitrogens with zero attached hydrogens (tertiary/aromatic N) is 1. The van der Waals surface area contributed by atoms with E-state index in [1.54, 1.807) is 0 Å². The van der Waals surface area contributed by atoms with Crippen LogP contribution in [0.25, 0.3) is 11.1 Å². The Bertz CT molecular complexity index is 629. The summed E-state index contributed by atoms with van der Waals surface area (Å²) in [6.45, 7) is 3.47. The fraction of sp³-hybridized carbons (Fsp3) is 0.611. The number of hydrogen-bond acceptors (Lipinski definition) is 3. The molecule has 1 aromatic heterocycles. The van der Waals surface area contributed by atoms with Gasteiger partial charge in [0.2, 0.25) is 0 Å². The van der Waals surface area contributed by atoms with Crippen molar-refractivity contribution >= 4 is 16.8 Å². The second kappa shape index (κ2) is 5.36. The predicted molar refractivity (Wildman–Crippen MR) is 85.6 cm³/mol. The molecule has 1 heterocycles. The monoisotopic (exact) mass is 284 g/mol. The molecule has 3 nitrogen and oxygen atoms in total. The zero-order chi connectivity index (χ0) is 14.2. The Morgan fingerprint density at radius 1 is 1.24 bits per heavy atom. The topological polar surface area (TPSA) is 38.1 Å². The average molecular weight is 284 g/mol. The first kappa shape index (κ1) is 13.2. The lowest BCUT2D eigenvalue weighted by Crippen LogP contribution is -2.20. The number of oxazole rings is 1. The molecule has 0 saturated heterocycles. The number of rotatable bonds is 4. The zero-order valence-corrected chi connectivity index (χ0v) is 12.8. The largest absolute Gasteiger partial charge is 0.440 e. The Hall–Kier alpha value is -1.51. The van der Waals surface area contributed by atoms with Gasteiger partial charge in [-0.05, 0) is 55.7 Å². The summed E-state index contributed by atoms with van der Waals surface area (Å²) in [5, 5.41) is 3.60. The minimum atomic E-state index is 0.581. The van der Waals surface area contributed by atoms with Crippen LogP contribution in [-0.4, -0.2) is 11.5 Å². The highest BCUT2D eigenvalue weighted by atomic mass is 16.3. The maximum Gasteiger partial charge on any atom is 0.198 e. The van der Waals surface area contributed by atoms with E-state index in [-0.39, 0.29) is 0 Å². The molecule has 0 radical (unpaired) electrons. The molecule has 3 heteroatoms. The molecule has 2 unspecified atom stereocenters. The van der Waals surface area contributed by atoms with E-state index in [0.29, 0.717) is 5.92 Å². The summed E-state index contributed by atoms with van der Waals surface area (Å²) in [7, 11) is 0. The molecule has 1 N–H and O–H groups in total. The van der Waals surface area contributed by atoms with Crippen molar-refractivity contribution in [3.8, 4) is 0 Å². The summed E-state index contributed by atoms with van der Waals surface area (Å²) in [6, 6.07) is 6.31. The van der Waals surface area contributed by atoms with Gasteiger partial charge in [0.25, 0.3) is 0 Å². The molecule has 2 saturated carbocycles. The normalized spacial score (nSPS) is 26.1. The molecule has 0 bridgehead atoms. The van der Waals surface area contributed by atoms with E-state index in [0.717, 1.165) is 35.4 Å². The van der Waals surface area contributed by atoms with Crippen LogP contribution in [0, 0.1) is 11.8 Å². The van der Waals surface area contributed by atoms with Gasteiger partial charge >= 0.3 is 0 Å². The molecule has 4 rings (SSSR count). The molecule has 2 atom stereocenters. The number of nitrogens with one attached hydrogen (secondary N) is 1. The van der Waals surface area contributed by atoms with Gasteiger partial charge in [-0.3, -0.25) is 0 Å². The fourth-order valence-corrected chi connectivity index (χ4v) is 3.57. The first-order valence-corrected chi connectivity index (χ1v) is 8.42. The number of aromatic nitrogens is 1. The van der Waals surface area contributed by atoms with Gasteiger partial charge in [-0.1, -0.05) is 19.8 Å². The highest BCUT2D eigenvalue weighted by Crippen LogP contribution is 2.40. The van der Waals surface area contributed by atoms with Crippen molar-refractivity contribution in [1.29, 1.82) is 0 Å². The zero-order valence-electron chi connectivity index (χ0n) is 12.8. The Morgan fingerprint density at radius 3 is 2.95 bits per heavy atom. The van der Waals surface area contributed by atoms with E-state index in [2.05, 4.69) is 35.4 Å². The van der Waals surface area contributed by atoms with Crippen molar-refractivity contribution in [3.05, 3.63) is 24.1 Å². The quantitative estimate of drug-likeness (QED) is 0.863. The van der Waals surface area contributed by atoms with Crippen LogP contribution in [0.5, 0.6) is 0 Å². The number of anilines is 1. The van der Waals surface area contributed by atoms with Crippen LogP contribution in [0.15, 0.2) is 22.6 Å². The summed E-state index contributed by atoms with van der Waals surface area (Å²) < 4.78 is 5.82. The molecular weight excluding hydrogens is 260 g/mol. The van der Waals surface area contributed by atoms with Crippen LogP contribution in [0.3, 0.4) is 0 Å². The maximum absolute atomic E-state index is 5.82. The minimum Gasteiger partial charge on any atom is -0.440 e. The van der Waals surface area contributed by atoms with Crippen LogP contribution in [-0.2, 0) is 0 Å². The first-order chi connectivity index (χ1) is 10.3. The van der Waals surface area contributed by atoms with Crippen molar-refractivity contribution in [2.24, 2.45) is 11.8 Å². The molecule has 0 spiro atoms. The van der Waals surface area contributed by atoms with E-state index >= 15 is 0 Å². The SMILES string of the molecule is CC1CCCC(CNc2ccc3oc(C4CC4)nc3c2)C1. The third-order valence-electron chi connectivity index (χ3n) is 4.97. The Balaban J connectivity index is 1.43.